The number of thioether (sulfide) groups is 1. The molecule has 0 radical (unpaired) electrons. The Morgan fingerprint density at radius 1 is 1.17 bits per heavy atom. The Hall–Kier alpha value is -1.53. The third kappa shape index (κ3) is 3.75. The van der Waals surface area contributed by atoms with E-state index in [9.17, 15) is 9.59 Å². The highest BCUT2D eigenvalue weighted by atomic mass is 32.2. The van der Waals surface area contributed by atoms with Crippen LogP contribution in [0.1, 0.15) is 12.8 Å². The van der Waals surface area contributed by atoms with Crippen molar-refractivity contribution in [1.82, 2.24) is 9.80 Å². The van der Waals surface area contributed by atoms with Crippen molar-refractivity contribution in [2.24, 2.45) is 5.92 Å². The van der Waals surface area contributed by atoms with E-state index < -0.39 is 0 Å². The van der Waals surface area contributed by atoms with Crippen molar-refractivity contribution in [2.45, 2.75) is 17.7 Å². The molecular formula is C18H25N3O2S. The number of piperidine rings is 1. The number of carbonyl (C=O) groups is 2. The molecule has 0 aromatic heterocycles. The van der Waals surface area contributed by atoms with Crippen LogP contribution < -0.4 is 4.90 Å². The molecule has 5 nitrogen and oxygen atoms in total. The Morgan fingerprint density at radius 3 is 2.58 bits per heavy atom. The van der Waals surface area contributed by atoms with Gasteiger partial charge in [0.1, 0.15) is 0 Å². The Labute approximate surface area is 148 Å². The number of para-hydroxylation sites is 1. The summed E-state index contributed by atoms with van der Waals surface area (Å²) in [6.45, 7) is 2.86. The van der Waals surface area contributed by atoms with Gasteiger partial charge >= 0.3 is 0 Å². The number of hydrogen-bond donors (Lipinski definition) is 0. The molecule has 2 heterocycles. The smallest absolute Gasteiger partial charge is 0.241 e. The minimum atomic E-state index is 0.110. The van der Waals surface area contributed by atoms with Crippen LogP contribution >= 0.6 is 11.8 Å². The van der Waals surface area contributed by atoms with E-state index in [0.717, 1.165) is 43.9 Å². The van der Waals surface area contributed by atoms with Crippen molar-refractivity contribution in [1.29, 1.82) is 0 Å². The van der Waals surface area contributed by atoms with E-state index in [0.29, 0.717) is 6.54 Å². The second kappa shape index (κ2) is 7.57. The molecule has 130 valence electrons. The second-order valence-corrected chi connectivity index (χ2v) is 7.78. The highest BCUT2D eigenvalue weighted by Crippen LogP contribution is 2.34. The van der Waals surface area contributed by atoms with Crippen molar-refractivity contribution < 1.29 is 9.59 Å². The lowest BCUT2D eigenvalue weighted by molar-refractivity contribution is -0.134. The fourth-order valence-corrected chi connectivity index (χ4v) is 4.40. The van der Waals surface area contributed by atoms with Crippen molar-refractivity contribution >= 4 is 29.3 Å². The third-order valence-corrected chi connectivity index (χ3v) is 5.81. The summed E-state index contributed by atoms with van der Waals surface area (Å²) in [6, 6.07) is 8.12. The van der Waals surface area contributed by atoms with Gasteiger partial charge in [-0.3, -0.25) is 14.5 Å². The van der Waals surface area contributed by atoms with E-state index in [1.165, 1.54) is 4.90 Å². The number of amides is 2. The molecule has 2 aliphatic heterocycles. The van der Waals surface area contributed by atoms with E-state index in [2.05, 4.69) is 11.0 Å². The molecule has 3 rings (SSSR count). The average molecular weight is 347 g/mol. The molecule has 2 aliphatic rings. The molecule has 2 amide bonds. The predicted molar refractivity (Wildman–Crippen MR) is 97.4 cm³/mol. The molecule has 1 saturated heterocycles. The molecular weight excluding hydrogens is 322 g/mol. The number of rotatable bonds is 3. The molecule has 6 heteroatoms. The molecule has 0 atom stereocenters. The van der Waals surface area contributed by atoms with Crippen molar-refractivity contribution in [2.75, 3.05) is 50.9 Å². The molecule has 1 aromatic rings. The zero-order chi connectivity index (χ0) is 17.1. The van der Waals surface area contributed by atoms with Crippen molar-refractivity contribution in [3.63, 3.8) is 0 Å². The molecule has 0 bridgehead atoms. The van der Waals surface area contributed by atoms with Gasteiger partial charge in [-0.15, -0.1) is 11.8 Å². The van der Waals surface area contributed by atoms with E-state index >= 15 is 0 Å². The number of hydrogen-bond acceptors (Lipinski definition) is 4. The molecule has 0 unspecified atom stereocenters. The van der Waals surface area contributed by atoms with Gasteiger partial charge in [-0.05, 0) is 38.1 Å². The quantitative estimate of drug-likeness (QED) is 0.838. The molecule has 0 aliphatic carbocycles. The highest BCUT2D eigenvalue weighted by molar-refractivity contribution is 7.99. The van der Waals surface area contributed by atoms with E-state index in [1.807, 2.05) is 49.0 Å². The fourth-order valence-electron chi connectivity index (χ4n) is 3.41. The lowest BCUT2D eigenvalue weighted by Gasteiger charge is -2.34. The zero-order valence-electron chi connectivity index (χ0n) is 14.4. The van der Waals surface area contributed by atoms with Crippen LogP contribution in [-0.4, -0.2) is 67.6 Å². The minimum Gasteiger partial charge on any atom is -0.349 e. The number of likely N-dealkylation sites (tertiary alicyclic amines) is 1. The fraction of sp³-hybridized carbons (Fsp3) is 0.556. The van der Waals surface area contributed by atoms with Crippen LogP contribution in [0.2, 0.25) is 0 Å². The highest BCUT2D eigenvalue weighted by Gasteiger charge is 2.29. The first kappa shape index (κ1) is 17.3. The van der Waals surface area contributed by atoms with Gasteiger partial charge in [0, 0.05) is 37.2 Å². The summed E-state index contributed by atoms with van der Waals surface area (Å²) >= 11 is 1.81. The molecule has 0 saturated carbocycles. The zero-order valence-corrected chi connectivity index (χ0v) is 15.2. The maximum absolute atomic E-state index is 12.8. The van der Waals surface area contributed by atoms with Gasteiger partial charge in [0.25, 0.3) is 0 Å². The molecule has 1 aromatic carbocycles. The lowest BCUT2D eigenvalue weighted by Crippen LogP contribution is -2.46. The van der Waals surface area contributed by atoms with Crippen LogP contribution in [0.15, 0.2) is 29.2 Å². The van der Waals surface area contributed by atoms with Crippen LogP contribution in [0.5, 0.6) is 0 Å². The van der Waals surface area contributed by atoms with Gasteiger partial charge in [-0.2, -0.15) is 0 Å². The number of benzene rings is 1. The van der Waals surface area contributed by atoms with Gasteiger partial charge in [-0.25, -0.2) is 0 Å². The summed E-state index contributed by atoms with van der Waals surface area (Å²) in [5, 5.41) is 0. The van der Waals surface area contributed by atoms with Crippen molar-refractivity contribution in [3.8, 4) is 0 Å². The van der Waals surface area contributed by atoms with Gasteiger partial charge in [0.2, 0.25) is 11.8 Å². The first-order chi connectivity index (χ1) is 11.6. The number of anilines is 1. The van der Waals surface area contributed by atoms with Crippen LogP contribution in [0, 0.1) is 5.92 Å². The average Bonchev–Trinajstić information content (AvgIpc) is 2.61. The Morgan fingerprint density at radius 2 is 1.88 bits per heavy atom. The predicted octanol–water partition coefficient (Wildman–Crippen LogP) is 1.93. The second-order valence-electron chi connectivity index (χ2n) is 6.64. The lowest BCUT2D eigenvalue weighted by atomic mass is 9.95. The topological polar surface area (TPSA) is 43.9 Å². The molecule has 0 N–H and O–H groups in total. The molecule has 24 heavy (non-hydrogen) atoms. The van der Waals surface area contributed by atoms with E-state index in [4.69, 9.17) is 0 Å². The summed E-state index contributed by atoms with van der Waals surface area (Å²) in [7, 11) is 3.62. The SMILES string of the molecule is CN(C)C(=O)C1CCN(CC(=O)N2CCSc3ccccc32)CC1. The summed E-state index contributed by atoms with van der Waals surface area (Å²) in [5.41, 5.74) is 1.04. The number of nitrogens with zero attached hydrogens (tertiary/aromatic N) is 3. The van der Waals surface area contributed by atoms with Gasteiger partial charge in [0.05, 0.1) is 12.2 Å². The summed E-state index contributed by atoms with van der Waals surface area (Å²) in [6.07, 6.45) is 1.69. The van der Waals surface area contributed by atoms with E-state index in [1.54, 1.807) is 4.90 Å². The molecule has 1 fully saturated rings. The van der Waals surface area contributed by atoms with Gasteiger partial charge in [0.15, 0.2) is 0 Å². The monoisotopic (exact) mass is 347 g/mol. The van der Waals surface area contributed by atoms with Crippen molar-refractivity contribution in [3.05, 3.63) is 24.3 Å². The maximum atomic E-state index is 12.8. The normalized spacial score (nSPS) is 19.0. The summed E-state index contributed by atoms with van der Waals surface area (Å²) in [5.74, 6) is 1.43. The number of fused-ring (bicyclic) bond motifs is 1. The first-order valence-corrected chi connectivity index (χ1v) is 9.50. The molecule has 0 spiro atoms. The van der Waals surface area contributed by atoms with E-state index in [-0.39, 0.29) is 17.7 Å². The van der Waals surface area contributed by atoms with Gasteiger partial charge in [-0.1, -0.05) is 12.1 Å². The first-order valence-electron chi connectivity index (χ1n) is 8.52. The minimum absolute atomic E-state index is 0.110. The maximum Gasteiger partial charge on any atom is 0.241 e. The Bertz CT molecular complexity index is 612. The standard InChI is InChI=1S/C18H25N3O2S/c1-19(2)18(23)14-7-9-20(10-8-14)13-17(22)21-11-12-24-16-6-4-3-5-15(16)21/h3-6,14H,7-13H2,1-2H3. The largest absolute Gasteiger partial charge is 0.349 e. The van der Waals surface area contributed by atoms with Gasteiger partial charge < -0.3 is 9.80 Å². The summed E-state index contributed by atoms with van der Waals surface area (Å²) < 4.78 is 0. The van der Waals surface area contributed by atoms with Crippen LogP contribution in [0.4, 0.5) is 5.69 Å². The summed E-state index contributed by atoms with van der Waals surface area (Å²) in [4.78, 5) is 31.8. The van der Waals surface area contributed by atoms with Crippen LogP contribution in [0.3, 0.4) is 0 Å². The van der Waals surface area contributed by atoms with Crippen LogP contribution in [0.25, 0.3) is 0 Å². The Kier molecular flexibility index (Phi) is 5.46. The third-order valence-electron chi connectivity index (χ3n) is 4.77. The Balaban J connectivity index is 1.56. The van der Waals surface area contributed by atoms with Crippen LogP contribution in [-0.2, 0) is 9.59 Å². The number of carbonyl (C=O) groups excluding carboxylic acids is 2.